The molecule has 8 unspecified atom stereocenters. The summed E-state index contributed by atoms with van der Waals surface area (Å²) in [5.74, 6) is -0.775. The third-order valence-corrected chi connectivity index (χ3v) is 13.4. The number of carbonyl (C=O) groups is 5. The van der Waals surface area contributed by atoms with Crippen LogP contribution in [-0.4, -0.2) is 66.8 Å². The summed E-state index contributed by atoms with van der Waals surface area (Å²) in [6.07, 6.45) is 9.01. The Balaban J connectivity index is 1.28. The van der Waals surface area contributed by atoms with Gasteiger partial charge in [0.25, 0.3) is 0 Å². The number of esters is 2. The molecule has 0 bridgehead atoms. The minimum atomic E-state index is -1.61. The molecule has 4 aliphatic rings. The summed E-state index contributed by atoms with van der Waals surface area (Å²) in [7, 11) is 1.37. The van der Waals surface area contributed by atoms with Gasteiger partial charge < -0.3 is 28.8 Å². The first-order chi connectivity index (χ1) is 25.7. The number of fused-ring (bicyclic) bond motifs is 5. The highest BCUT2D eigenvalue weighted by molar-refractivity contribution is 5.94. The lowest BCUT2D eigenvalue weighted by Crippen LogP contribution is -2.63. The average Bonchev–Trinajstić information content (AvgIpc) is 3.44. The van der Waals surface area contributed by atoms with E-state index in [1.807, 2.05) is 13.8 Å². The van der Waals surface area contributed by atoms with E-state index in [4.69, 9.17) is 23.7 Å². The average molecular weight is 753 g/mol. The summed E-state index contributed by atoms with van der Waals surface area (Å²) in [6, 6.07) is 4.27. The number of hydrogen-bond donors (Lipinski definition) is 1. The third-order valence-electron chi connectivity index (χ3n) is 13.4. The Kier molecular flexibility index (Phi) is 13.3. The van der Waals surface area contributed by atoms with Crippen LogP contribution in [0.1, 0.15) is 135 Å². The SMILES string of the molecule is CCCCC(=O)OC1(C(=O)COC(=O)Oc2ccc(C(=O)OCCCCC(C)CC)cc2OC)CCC2C3CCC4=CC(=O)CCC4(C)C3C(O)CC21C. The topological polar surface area (TPSA) is 152 Å². The quantitative estimate of drug-likeness (QED) is 0.0754. The fourth-order valence-corrected chi connectivity index (χ4v) is 10.2. The highest BCUT2D eigenvalue weighted by atomic mass is 16.7. The van der Waals surface area contributed by atoms with Gasteiger partial charge in [0, 0.05) is 18.3 Å². The van der Waals surface area contributed by atoms with E-state index in [1.54, 1.807) is 6.08 Å². The largest absolute Gasteiger partial charge is 0.514 e. The summed E-state index contributed by atoms with van der Waals surface area (Å²) in [6.45, 7) is 10.0. The van der Waals surface area contributed by atoms with Crippen LogP contribution in [0, 0.1) is 34.5 Å². The van der Waals surface area contributed by atoms with Crippen molar-refractivity contribution >= 4 is 29.7 Å². The van der Waals surface area contributed by atoms with E-state index in [9.17, 15) is 29.1 Å². The van der Waals surface area contributed by atoms with Crippen LogP contribution in [0.4, 0.5) is 4.79 Å². The lowest BCUT2D eigenvalue weighted by Gasteiger charge is -2.60. The second kappa shape index (κ2) is 17.4. The standard InChI is InChI=1S/C43H60O11/c1-7-9-13-37(47)54-43(21-19-32-31-16-15-29-24-30(44)18-20-41(29,4)38(31)33(45)25-42(32,43)5)36(46)26-52-40(49)53-34-17-14-28(23-35(34)50-6)39(48)51-22-11-10-12-27(3)8-2/h14,17,23-24,27,31-33,38,45H,7-13,15-16,18-22,25-26H2,1-6H3. The summed E-state index contributed by atoms with van der Waals surface area (Å²) in [5.41, 5.74) is -1.50. The maximum atomic E-state index is 14.4. The molecule has 3 fully saturated rings. The molecule has 54 heavy (non-hydrogen) atoms. The van der Waals surface area contributed by atoms with Crippen molar-refractivity contribution in [3.05, 3.63) is 35.4 Å². The molecule has 1 aromatic rings. The zero-order valence-corrected chi connectivity index (χ0v) is 33.0. The summed E-state index contributed by atoms with van der Waals surface area (Å²) in [4.78, 5) is 65.7. The van der Waals surface area contributed by atoms with Crippen molar-refractivity contribution in [1.29, 1.82) is 0 Å². The van der Waals surface area contributed by atoms with Crippen LogP contribution in [0.5, 0.6) is 11.5 Å². The van der Waals surface area contributed by atoms with Gasteiger partial charge in [0.2, 0.25) is 5.78 Å². The number of hydrogen-bond acceptors (Lipinski definition) is 11. The molecule has 4 aliphatic carbocycles. The maximum absolute atomic E-state index is 14.4. The summed E-state index contributed by atoms with van der Waals surface area (Å²) >= 11 is 0. The van der Waals surface area contributed by atoms with Crippen LogP contribution in [0.3, 0.4) is 0 Å². The van der Waals surface area contributed by atoms with Crippen molar-refractivity contribution in [1.82, 2.24) is 0 Å². The fraction of sp³-hybridized carbons (Fsp3) is 0.698. The van der Waals surface area contributed by atoms with Gasteiger partial charge in [0.05, 0.1) is 25.4 Å². The second-order valence-electron chi connectivity index (χ2n) is 16.6. The van der Waals surface area contributed by atoms with E-state index in [-0.39, 0.29) is 65.3 Å². The smallest absolute Gasteiger partial charge is 0.493 e. The zero-order chi connectivity index (χ0) is 39.3. The lowest BCUT2D eigenvalue weighted by molar-refractivity contribution is -0.202. The predicted octanol–water partition coefficient (Wildman–Crippen LogP) is 8.13. The molecule has 1 N–H and O–H groups in total. The van der Waals surface area contributed by atoms with E-state index < -0.39 is 47.6 Å². The Hall–Kier alpha value is -3.73. The van der Waals surface area contributed by atoms with Crippen molar-refractivity contribution in [2.45, 2.75) is 136 Å². The molecule has 0 amide bonds. The molecule has 0 spiro atoms. The van der Waals surface area contributed by atoms with E-state index in [0.717, 1.165) is 50.5 Å². The van der Waals surface area contributed by atoms with E-state index in [0.29, 0.717) is 38.2 Å². The molecule has 0 heterocycles. The van der Waals surface area contributed by atoms with Gasteiger partial charge in [-0.25, -0.2) is 9.59 Å². The summed E-state index contributed by atoms with van der Waals surface area (Å²) < 4.78 is 27.8. The Labute approximate surface area is 319 Å². The van der Waals surface area contributed by atoms with Gasteiger partial charge in [0.15, 0.2) is 29.5 Å². The molecule has 0 saturated heterocycles. The van der Waals surface area contributed by atoms with Gasteiger partial charge in [-0.05, 0) is 111 Å². The fourth-order valence-electron chi connectivity index (χ4n) is 10.2. The van der Waals surface area contributed by atoms with Gasteiger partial charge in [-0.15, -0.1) is 0 Å². The highest BCUT2D eigenvalue weighted by Gasteiger charge is 2.70. The van der Waals surface area contributed by atoms with Gasteiger partial charge in [-0.3, -0.25) is 14.4 Å². The highest BCUT2D eigenvalue weighted by Crippen LogP contribution is 2.68. The number of aliphatic hydroxyl groups is 1. The molecule has 0 radical (unpaired) electrons. The number of unbranched alkanes of at least 4 members (excludes halogenated alkanes) is 2. The molecule has 11 nitrogen and oxygen atoms in total. The van der Waals surface area contributed by atoms with Crippen molar-refractivity contribution < 1.29 is 52.8 Å². The molecule has 11 heteroatoms. The van der Waals surface area contributed by atoms with E-state index >= 15 is 0 Å². The van der Waals surface area contributed by atoms with Crippen molar-refractivity contribution in [3.8, 4) is 11.5 Å². The van der Waals surface area contributed by atoms with Crippen molar-refractivity contribution in [2.75, 3.05) is 20.3 Å². The van der Waals surface area contributed by atoms with Crippen LogP contribution in [0.25, 0.3) is 0 Å². The lowest BCUT2D eigenvalue weighted by atomic mass is 9.45. The number of ketones is 2. The number of carbonyl (C=O) groups excluding carboxylic acids is 5. The molecule has 0 aromatic heterocycles. The number of methoxy groups -OCH3 is 1. The Morgan fingerprint density at radius 3 is 2.48 bits per heavy atom. The Bertz CT molecular complexity index is 1600. The van der Waals surface area contributed by atoms with Gasteiger partial charge in [-0.1, -0.05) is 59.5 Å². The minimum Gasteiger partial charge on any atom is -0.493 e. The van der Waals surface area contributed by atoms with Crippen LogP contribution >= 0.6 is 0 Å². The normalized spacial score (nSPS) is 30.5. The van der Waals surface area contributed by atoms with E-state index in [2.05, 4.69) is 20.8 Å². The molecule has 298 valence electrons. The van der Waals surface area contributed by atoms with Crippen LogP contribution in [0.2, 0.25) is 0 Å². The molecule has 3 saturated carbocycles. The Morgan fingerprint density at radius 2 is 1.76 bits per heavy atom. The zero-order valence-electron chi connectivity index (χ0n) is 33.0. The van der Waals surface area contributed by atoms with Gasteiger partial charge >= 0.3 is 18.1 Å². The molecule has 8 atom stereocenters. The molecular formula is C43H60O11. The van der Waals surface area contributed by atoms with Crippen LogP contribution < -0.4 is 9.47 Å². The van der Waals surface area contributed by atoms with Gasteiger partial charge in [-0.2, -0.15) is 0 Å². The minimum absolute atomic E-state index is 0.0151. The van der Waals surface area contributed by atoms with Crippen molar-refractivity contribution in [2.24, 2.45) is 34.5 Å². The number of ether oxygens (including phenoxy) is 5. The van der Waals surface area contributed by atoms with Gasteiger partial charge in [0.1, 0.15) is 0 Å². The number of rotatable bonds is 16. The predicted molar refractivity (Wildman–Crippen MR) is 200 cm³/mol. The third kappa shape index (κ3) is 8.26. The van der Waals surface area contributed by atoms with E-state index in [1.165, 1.54) is 25.3 Å². The molecule has 1 aromatic carbocycles. The monoisotopic (exact) mass is 752 g/mol. The van der Waals surface area contributed by atoms with Crippen LogP contribution in [0.15, 0.2) is 29.8 Å². The molecular weight excluding hydrogens is 692 g/mol. The number of benzene rings is 1. The Morgan fingerprint density at radius 1 is 0.981 bits per heavy atom. The maximum Gasteiger partial charge on any atom is 0.514 e. The number of aliphatic hydroxyl groups excluding tert-OH is 1. The molecule has 0 aliphatic heterocycles. The van der Waals surface area contributed by atoms with Crippen LogP contribution in [-0.2, 0) is 28.6 Å². The molecule has 5 rings (SSSR count). The van der Waals surface area contributed by atoms with Crippen molar-refractivity contribution in [3.63, 3.8) is 0 Å². The second-order valence-corrected chi connectivity index (χ2v) is 16.6. The first-order valence-electron chi connectivity index (χ1n) is 20.1. The number of allylic oxidation sites excluding steroid dienone is 1. The first kappa shape index (κ1) is 41.4. The number of Topliss-reactive ketones (excluding diaryl/α,β-unsaturated/α-hetero) is 1. The first-order valence-corrected chi connectivity index (χ1v) is 20.1. The summed E-state index contributed by atoms with van der Waals surface area (Å²) in [5, 5.41) is 11.9.